The molecule has 0 fully saturated rings. The van der Waals surface area contributed by atoms with Crippen LogP contribution in [0.25, 0.3) is 16.4 Å². The Bertz CT molecular complexity index is 660. The fourth-order valence-electron chi connectivity index (χ4n) is 1.54. The van der Waals surface area contributed by atoms with Gasteiger partial charge in [0.25, 0.3) is 0 Å². The Morgan fingerprint density at radius 2 is 2.13 bits per heavy atom. The number of fused-ring (bicyclic) bond motifs is 3. The molecule has 6 heteroatoms. The van der Waals surface area contributed by atoms with E-state index in [1.807, 2.05) is 13.0 Å². The summed E-state index contributed by atoms with van der Waals surface area (Å²) in [5, 5.41) is 14.3. The van der Waals surface area contributed by atoms with Crippen LogP contribution in [-0.2, 0) is 0 Å². The van der Waals surface area contributed by atoms with Crippen molar-refractivity contribution in [1.82, 2.24) is 24.8 Å². The molecule has 74 valence electrons. The van der Waals surface area contributed by atoms with Crippen LogP contribution in [0.2, 0.25) is 5.15 Å². The molecule has 0 saturated carbocycles. The molecular weight excluding hydrogens is 214 g/mol. The van der Waals surface area contributed by atoms with Gasteiger partial charge in [-0.15, -0.1) is 10.2 Å². The summed E-state index contributed by atoms with van der Waals surface area (Å²) in [7, 11) is 0. The molecule has 3 aromatic heterocycles. The average Bonchev–Trinajstić information content (AvgIpc) is 2.62. The molecule has 0 spiro atoms. The van der Waals surface area contributed by atoms with Crippen LogP contribution in [0.5, 0.6) is 0 Å². The summed E-state index contributed by atoms with van der Waals surface area (Å²) >= 11 is 6.04. The first-order valence-corrected chi connectivity index (χ1v) is 4.76. The van der Waals surface area contributed by atoms with E-state index in [1.165, 1.54) is 0 Å². The van der Waals surface area contributed by atoms with E-state index in [-0.39, 0.29) is 0 Å². The van der Waals surface area contributed by atoms with Gasteiger partial charge in [0.15, 0.2) is 16.6 Å². The zero-order valence-corrected chi connectivity index (χ0v) is 8.60. The van der Waals surface area contributed by atoms with Crippen molar-refractivity contribution in [2.24, 2.45) is 0 Å². The maximum atomic E-state index is 6.04. The number of pyridine rings is 1. The number of hydrogen-bond donors (Lipinski definition) is 0. The third-order valence-electron chi connectivity index (χ3n) is 2.27. The number of aryl methyl sites for hydroxylation is 1. The monoisotopic (exact) mass is 219 g/mol. The third-order valence-corrected chi connectivity index (χ3v) is 2.55. The van der Waals surface area contributed by atoms with Gasteiger partial charge in [-0.05, 0) is 13.0 Å². The highest BCUT2D eigenvalue weighted by Crippen LogP contribution is 2.23. The number of nitrogens with zero attached hydrogens (tertiary/aromatic N) is 5. The molecule has 0 aromatic carbocycles. The maximum Gasteiger partial charge on any atom is 0.185 e. The van der Waals surface area contributed by atoms with Crippen LogP contribution in [0, 0.1) is 6.92 Å². The Labute approximate surface area is 89.7 Å². The predicted molar refractivity (Wildman–Crippen MR) is 55.8 cm³/mol. The molecule has 0 atom stereocenters. The van der Waals surface area contributed by atoms with Crippen molar-refractivity contribution < 1.29 is 0 Å². The summed E-state index contributed by atoms with van der Waals surface area (Å²) in [6.07, 6.45) is 3.37. The minimum absolute atomic E-state index is 0.411. The van der Waals surface area contributed by atoms with Gasteiger partial charge in [-0.3, -0.25) is 4.98 Å². The van der Waals surface area contributed by atoms with Gasteiger partial charge < -0.3 is 0 Å². The lowest BCUT2D eigenvalue weighted by Crippen LogP contribution is -1.96. The number of rotatable bonds is 0. The van der Waals surface area contributed by atoms with E-state index < -0.39 is 0 Å². The summed E-state index contributed by atoms with van der Waals surface area (Å²) in [5.74, 6) is 0.714. The fourth-order valence-corrected chi connectivity index (χ4v) is 1.77. The average molecular weight is 220 g/mol. The van der Waals surface area contributed by atoms with Crippen molar-refractivity contribution in [3.63, 3.8) is 0 Å². The van der Waals surface area contributed by atoms with Gasteiger partial charge in [-0.1, -0.05) is 11.6 Å². The molecular formula is C9H6ClN5. The highest BCUT2D eigenvalue weighted by Gasteiger charge is 2.10. The number of aromatic nitrogens is 5. The van der Waals surface area contributed by atoms with Crippen LogP contribution in [0.4, 0.5) is 0 Å². The fraction of sp³-hybridized carbons (Fsp3) is 0.111. The van der Waals surface area contributed by atoms with Crippen LogP contribution in [0.15, 0.2) is 18.5 Å². The van der Waals surface area contributed by atoms with Crippen molar-refractivity contribution in [1.29, 1.82) is 0 Å². The van der Waals surface area contributed by atoms with Crippen LogP contribution < -0.4 is 0 Å². The standard InChI is InChI=1S/C9H6ClN5/c1-5-12-13-9-6-2-3-11-4-7(6)8(10)14-15(5)9/h2-4H,1H3. The van der Waals surface area contributed by atoms with E-state index in [0.29, 0.717) is 16.6 Å². The molecule has 0 saturated heterocycles. The normalized spacial score (nSPS) is 11.3. The van der Waals surface area contributed by atoms with Crippen LogP contribution in [0.1, 0.15) is 5.82 Å². The van der Waals surface area contributed by atoms with Crippen LogP contribution in [0.3, 0.4) is 0 Å². The highest BCUT2D eigenvalue weighted by atomic mass is 35.5. The van der Waals surface area contributed by atoms with Gasteiger partial charge in [0.1, 0.15) is 0 Å². The van der Waals surface area contributed by atoms with Gasteiger partial charge in [-0.2, -0.15) is 9.61 Å². The van der Waals surface area contributed by atoms with Crippen molar-refractivity contribution in [3.8, 4) is 0 Å². The molecule has 0 aliphatic heterocycles. The van der Waals surface area contributed by atoms with Gasteiger partial charge >= 0.3 is 0 Å². The van der Waals surface area contributed by atoms with Crippen LogP contribution >= 0.6 is 11.6 Å². The number of halogens is 1. The van der Waals surface area contributed by atoms with Crippen molar-refractivity contribution in [2.45, 2.75) is 6.92 Å². The number of hydrogen-bond acceptors (Lipinski definition) is 4. The minimum Gasteiger partial charge on any atom is -0.264 e. The molecule has 15 heavy (non-hydrogen) atoms. The van der Waals surface area contributed by atoms with Crippen molar-refractivity contribution in [2.75, 3.05) is 0 Å². The van der Waals surface area contributed by atoms with E-state index in [2.05, 4.69) is 20.3 Å². The van der Waals surface area contributed by atoms with Gasteiger partial charge in [0.2, 0.25) is 0 Å². The largest absolute Gasteiger partial charge is 0.264 e. The second-order valence-electron chi connectivity index (χ2n) is 3.19. The molecule has 0 amide bonds. The Morgan fingerprint density at radius 1 is 1.27 bits per heavy atom. The summed E-state index contributed by atoms with van der Waals surface area (Å²) in [5.41, 5.74) is 0.703. The van der Waals surface area contributed by atoms with Crippen LogP contribution in [-0.4, -0.2) is 24.8 Å². The quantitative estimate of drug-likeness (QED) is 0.577. The lowest BCUT2D eigenvalue weighted by molar-refractivity contribution is 0.881. The molecule has 0 unspecified atom stereocenters. The van der Waals surface area contributed by atoms with E-state index >= 15 is 0 Å². The lowest BCUT2D eigenvalue weighted by atomic mass is 10.2. The molecule has 3 heterocycles. The van der Waals surface area contributed by atoms with E-state index in [9.17, 15) is 0 Å². The Morgan fingerprint density at radius 3 is 3.00 bits per heavy atom. The SMILES string of the molecule is Cc1nnc2c3ccncc3c(Cl)nn12. The molecule has 0 aliphatic carbocycles. The molecule has 5 nitrogen and oxygen atoms in total. The zero-order valence-electron chi connectivity index (χ0n) is 7.85. The summed E-state index contributed by atoms with van der Waals surface area (Å²) in [4.78, 5) is 4.01. The van der Waals surface area contributed by atoms with Gasteiger partial charge in [-0.25, -0.2) is 0 Å². The highest BCUT2D eigenvalue weighted by molar-refractivity contribution is 6.34. The van der Waals surface area contributed by atoms with Gasteiger partial charge in [0, 0.05) is 23.2 Å². The first kappa shape index (κ1) is 8.55. The first-order chi connectivity index (χ1) is 7.27. The molecule has 0 bridgehead atoms. The summed E-state index contributed by atoms with van der Waals surface area (Å²) in [6.45, 7) is 1.83. The molecule has 0 N–H and O–H groups in total. The Kier molecular flexibility index (Phi) is 1.63. The Hall–Kier alpha value is -1.75. The molecule has 0 radical (unpaired) electrons. The van der Waals surface area contributed by atoms with Crippen molar-refractivity contribution in [3.05, 3.63) is 29.4 Å². The molecule has 3 aromatic rings. The topological polar surface area (TPSA) is 56.0 Å². The molecule has 0 aliphatic rings. The second kappa shape index (κ2) is 2.87. The third kappa shape index (κ3) is 1.10. The smallest absolute Gasteiger partial charge is 0.185 e. The van der Waals surface area contributed by atoms with E-state index in [1.54, 1.807) is 16.9 Å². The first-order valence-electron chi connectivity index (χ1n) is 4.38. The maximum absolute atomic E-state index is 6.04. The zero-order chi connectivity index (χ0) is 10.4. The summed E-state index contributed by atoms with van der Waals surface area (Å²) < 4.78 is 1.63. The van der Waals surface area contributed by atoms with E-state index in [0.717, 1.165) is 10.8 Å². The molecule has 3 rings (SSSR count). The summed E-state index contributed by atoms with van der Waals surface area (Å²) in [6, 6.07) is 1.85. The van der Waals surface area contributed by atoms with E-state index in [4.69, 9.17) is 11.6 Å². The van der Waals surface area contributed by atoms with Crippen molar-refractivity contribution >= 4 is 28.0 Å². The lowest BCUT2D eigenvalue weighted by Gasteiger charge is -2.00. The second-order valence-corrected chi connectivity index (χ2v) is 3.55. The van der Waals surface area contributed by atoms with Gasteiger partial charge in [0.05, 0.1) is 0 Å². The predicted octanol–water partition coefficient (Wildman–Crippen LogP) is 1.63. The minimum atomic E-state index is 0.411. The Balaban J connectivity index is 2.65.